The number of benzene rings is 2. The average Bonchev–Trinajstić information content (AvgIpc) is 3.45. The zero-order valence-electron chi connectivity index (χ0n) is 15.4. The largest absolute Gasteiger partial charge is 0.325 e. The number of thioether (sulfide) groups is 1. The van der Waals surface area contributed by atoms with Crippen molar-refractivity contribution >= 4 is 23.4 Å². The van der Waals surface area contributed by atoms with Gasteiger partial charge in [0.2, 0.25) is 5.91 Å². The summed E-state index contributed by atoms with van der Waals surface area (Å²) in [5.74, 6) is 1.43. The van der Waals surface area contributed by atoms with E-state index < -0.39 is 0 Å². The maximum atomic E-state index is 12.7. The van der Waals surface area contributed by atoms with Gasteiger partial charge in [0.15, 0.2) is 5.16 Å². The molecule has 27 heavy (non-hydrogen) atoms. The molecule has 0 radical (unpaired) electrons. The second-order valence-electron chi connectivity index (χ2n) is 6.85. The van der Waals surface area contributed by atoms with E-state index in [1.807, 2.05) is 56.3 Å². The van der Waals surface area contributed by atoms with E-state index in [0.29, 0.717) is 5.92 Å². The van der Waals surface area contributed by atoms with Crippen molar-refractivity contribution < 1.29 is 4.79 Å². The number of nitrogens with one attached hydrogen (secondary N) is 1. The van der Waals surface area contributed by atoms with Gasteiger partial charge in [0, 0.05) is 17.3 Å². The summed E-state index contributed by atoms with van der Waals surface area (Å²) < 4.78 is 2.10. The minimum Gasteiger partial charge on any atom is -0.325 e. The molecule has 2 aromatic carbocycles. The first-order chi connectivity index (χ1) is 13.1. The lowest BCUT2D eigenvalue weighted by Gasteiger charge is -2.14. The quantitative estimate of drug-likeness (QED) is 0.638. The molecule has 0 aliphatic heterocycles. The van der Waals surface area contributed by atoms with Crippen LogP contribution in [0.25, 0.3) is 5.69 Å². The van der Waals surface area contributed by atoms with E-state index in [9.17, 15) is 4.79 Å². The Morgan fingerprint density at radius 1 is 1.11 bits per heavy atom. The first-order valence-corrected chi connectivity index (χ1v) is 10.1. The summed E-state index contributed by atoms with van der Waals surface area (Å²) in [4.78, 5) is 12.7. The number of aromatic nitrogens is 3. The van der Waals surface area contributed by atoms with Crippen molar-refractivity contribution in [3.05, 3.63) is 66.0 Å². The smallest absolute Gasteiger partial charge is 0.237 e. The zero-order valence-corrected chi connectivity index (χ0v) is 16.2. The Balaban J connectivity index is 1.55. The lowest BCUT2D eigenvalue weighted by molar-refractivity contribution is -0.115. The molecule has 5 nitrogen and oxygen atoms in total. The van der Waals surface area contributed by atoms with E-state index in [-0.39, 0.29) is 11.2 Å². The topological polar surface area (TPSA) is 59.8 Å². The highest BCUT2D eigenvalue weighted by molar-refractivity contribution is 8.00. The summed E-state index contributed by atoms with van der Waals surface area (Å²) in [6, 6.07) is 17.9. The van der Waals surface area contributed by atoms with Gasteiger partial charge in [0.05, 0.1) is 5.25 Å². The fourth-order valence-electron chi connectivity index (χ4n) is 2.94. The van der Waals surface area contributed by atoms with Gasteiger partial charge in [-0.25, -0.2) is 0 Å². The van der Waals surface area contributed by atoms with Crippen LogP contribution >= 0.6 is 11.8 Å². The molecule has 138 valence electrons. The van der Waals surface area contributed by atoms with Crippen molar-refractivity contribution in [2.45, 2.75) is 43.0 Å². The standard InChI is InChI=1S/C21H22N4OS/c1-14-8-6-7-11-18(14)22-20(26)15(2)27-21-24-23-19(16-12-13-16)25(21)17-9-4-3-5-10-17/h3-11,15-16H,12-13H2,1-2H3,(H,22,26). The van der Waals surface area contributed by atoms with Gasteiger partial charge in [0.25, 0.3) is 0 Å². The Morgan fingerprint density at radius 3 is 2.52 bits per heavy atom. The van der Waals surface area contributed by atoms with E-state index in [4.69, 9.17) is 0 Å². The maximum absolute atomic E-state index is 12.7. The summed E-state index contributed by atoms with van der Waals surface area (Å²) in [7, 11) is 0. The molecule has 3 aromatic rings. The van der Waals surface area contributed by atoms with Gasteiger partial charge < -0.3 is 5.32 Å². The molecule has 1 N–H and O–H groups in total. The number of hydrogen-bond acceptors (Lipinski definition) is 4. The molecule has 1 fully saturated rings. The molecule has 1 saturated carbocycles. The van der Waals surface area contributed by atoms with Crippen LogP contribution < -0.4 is 5.32 Å². The summed E-state index contributed by atoms with van der Waals surface area (Å²) in [5.41, 5.74) is 2.93. The molecule has 4 rings (SSSR count). The Morgan fingerprint density at radius 2 is 1.81 bits per heavy atom. The molecule has 1 aliphatic carbocycles. The Labute approximate surface area is 163 Å². The maximum Gasteiger partial charge on any atom is 0.237 e. The van der Waals surface area contributed by atoms with Crippen LogP contribution in [0.1, 0.15) is 37.1 Å². The van der Waals surface area contributed by atoms with Gasteiger partial charge in [0.1, 0.15) is 5.82 Å². The number of anilines is 1. The average molecular weight is 379 g/mol. The second kappa shape index (κ2) is 7.56. The molecule has 6 heteroatoms. The van der Waals surface area contributed by atoms with Crippen LogP contribution in [0.15, 0.2) is 59.8 Å². The minimum atomic E-state index is -0.289. The molecule has 0 bridgehead atoms. The van der Waals surface area contributed by atoms with E-state index in [1.54, 1.807) is 0 Å². The number of hydrogen-bond donors (Lipinski definition) is 1. The summed E-state index contributed by atoms with van der Waals surface area (Å²) in [6.07, 6.45) is 2.30. The summed E-state index contributed by atoms with van der Waals surface area (Å²) in [5, 5.41) is 12.3. The first-order valence-electron chi connectivity index (χ1n) is 9.17. The number of nitrogens with zero attached hydrogens (tertiary/aromatic N) is 3. The lowest BCUT2D eigenvalue weighted by atomic mass is 10.2. The zero-order chi connectivity index (χ0) is 18.8. The molecule has 1 aromatic heterocycles. The third kappa shape index (κ3) is 3.90. The SMILES string of the molecule is Cc1ccccc1NC(=O)C(C)Sc1nnc(C2CC2)n1-c1ccccc1. The van der Waals surface area contributed by atoms with Crippen molar-refractivity contribution in [3.8, 4) is 5.69 Å². The van der Waals surface area contributed by atoms with Crippen LogP contribution in [0.3, 0.4) is 0 Å². The van der Waals surface area contributed by atoms with Gasteiger partial charge in [-0.3, -0.25) is 9.36 Å². The molecule has 1 unspecified atom stereocenters. The first kappa shape index (κ1) is 17.8. The molecule has 1 atom stereocenters. The number of rotatable bonds is 6. The molecular formula is C21H22N4OS. The number of carbonyl (C=O) groups excluding carboxylic acids is 1. The van der Waals surface area contributed by atoms with Crippen LogP contribution in [0.5, 0.6) is 0 Å². The lowest BCUT2D eigenvalue weighted by Crippen LogP contribution is -2.23. The fraction of sp³-hybridized carbons (Fsp3) is 0.286. The van der Waals surface area contributed by atoms with Crippen LogP contribution in [0.4, 0.5) is 5.69 Å². The predicted molar refractivity (Wildman–Crippen MR) is 108 cm³/mol. The van der Waals surface area contributed by atoms with Crippen LogP contribution in [-0.4, -0.2) is 25.9 Å². The van der Waals surface area contributed by atoms with Crippen LogP contribution in [0, 0.1) is 6.92 Å². The van der Waals surface area contributed by atoms with Gasteiger partial charge in [-0.05, 0) is 50.5 Å². The van der Waals surface area contributed by atoms with E-state index in [1.165, 1.54) is 11.8 Å². The van der Waals surface area contributed by atoms with E-state index in [2.05, 4.69) is 32.2 Å². The van der Waals surface area contributed by atoms with Crippen molar-refractivity contribution in [2.75, 3.05) is 5.32 Å². The van der Waals surface area contributed by atoms with Crippen LogP contribution in [0.2, 0.25) is 0 Å². The predicted octanol–water partition coefficient (Wildman–Crippen LogP) is 4.57. The van der Waals surface area contributed by atoms with Crippen molar-refractivity contribution in [3.63, 3.8) is 0 Å². The number of amides is 1. The van der Waals surface area contributed by atoms with Crippen LogP contribution in [-0.2, 0) is 4.79 Å². The highest BCUT2D eigenvalue weighted by atomic mass is 32.2. The third-order valence-electron chi connectivity index (χ3n) is 4.67. The third-order valence-corrected chi connectivity index (χ3v) is 5.71. The monoisotopic (exact) mass is 378 g/mol. The molecule has 0 spiro atoms. The fourth-order valence-corrected chi connectivity index (χ4v) is 3.82. The van der Waals surface area contributed by atoms with Gasteiger partial charge in [-0.1, -0.05) is 48.2 Å². The Bertz CT molecular complexity index is 950. The molecule has 0 saturated heterocycles. The van der Waals surface area contributed by atoms with Crippen molar-refractivity contribution in [1.29, 1.82) is 0 Å². The summed E-state index contributed by atoms with van der Waals surface area (Å²) in [6.45, 7) is 3.89. The minimum absolute atomic E-state index is 0.0371. The molecule has 1 heterocycles. The normalized spacial score (nSPS) is 14.7. The molecule has 1 amide bonds. The number of carbonyl (C=O) groups is 1. The second-order valence-corrected chi connectivity index (χ2v) is 8.16. The van der Waals surface area contributed by atoms with E-state index >= 15 is 0 Å². The Kier molecular flexibility index (Phi) is 4.99. The van der Waals surface area contributed by atoms with Crippen molar-refractivity contribution in [2.24, 2.45) is 0 Å². The Hall–Kier alpha value is -2.60. The number of para-hydroxylation sites is 2. The summed E-state index contributed by atoms with van der Waals surface area (Å²) >= 11 is 1.44. The van der Waals surface area contributed by atoms with Gasteiger partial charge >= 0.3 is 0 Å². The highest BCUT2D eigenvalue weighted by Crippen LogP contribution is 2.41. The molecule has 1 aliphatic rings. The highest BCUT2D eigenvalue weighted by Gasteiger charge is 2.31. The number of aryl methyl sites for hydroxylation is 1. The van der Waals surface area contributed by atoms with Gasteiger partial charge in [-0.2, -0.15) is 0 Å². The van der Waals surface area contributed by atoms with Crippen molar-refractivity contribution in [1.82, 2.24) is 14.8 Å². The molecular weight excluding hydrogens is 356 g/mol. The van der Waals surface area contributed by atoms with E-state index in [0.717, 1.165) is 40.8 Å². The van der Waals surface area contributed by atoms with Gasteiger partial charge in [-0.15, -0.1) is 10.2 Å².